The summed E-state index contributed by atoms with van der Waals surface area (Å²) in [5, 5.41) is 18.4. The Kier molecular flexibility index (Phi) is 6.42. The van der Waals surface area contributed by atoms with Gasteiger partial charge in [-0.15, -0.1) is 0 Å². The molecule has 33 heavy (non-hydrogen) atoms. The number of para-hydroxylation sites is 1. The Hall–Kier alpha value is -3.90. The van der Waals surface area contributed by atoms with Crippen molar-refractivity contribution in [2.75, 3.05) is 9.44 Å². The van der Waals surface area contributed by atoms with E-state index in [0.717, 1.165) is 12.1 Å². The molecule has 0 fully saturated rings. The normalized spacial score (nSPS) is 11.5. The second-order valence-electron chi connectivity index (χ2n) is 6.87. The van der Waals surface area contributed by atoms with Gasteiger partial charge in [0.05, 0.1) is 32.3 Å². The molecule has 0 heterocycles. The van der Waals surface area contributed by atoms with Crippen LogP contribution in [0.5, 0.6) is 0 Å². The summed E-state index contributed by atoms with van der Waals surface area (Å²) in [6.07, 6.45) is 0. The SMILES string of the molecule is Cc1ccc(C(=O)O)cc1S(=O)(=O)Nc1cccc(S(=O)(=O)Nc2ccccc2C(=O)O)c1. The van der Waals surface area contributed by atoms with Gasteiger partial charge in [-0.3, -0.25) is 9.44 Å². The fourth-order valence-corrected chi connectivity index (χ4v) is 5.37. The van der Waals surface area contributed by atoms with Crippen molar-refractivity contribution in [2.24, 2.45) is 0 Å². The lowest BCUT2D eigenvalue weighted by Crippen LogP contribution is -2.17. The molecule has 0 radical (unpaired) electrons. The average molecular weight is 491 g/mol. The van der Waals surface area contributed by atoms with Gasteiger partial charge in [0.1, 0.15) is 0 Å². The zero-order chi connectivity index (χ0) is 24.4. The molecule has 172 valence electrons. The predicted octanol–water partition coefficient (Wildman–Crippen LogP) is 2.99. The zero-order valence-electron chi connectivity index (χ0n) is 17.0. The summed E-state index contributed by atoms with van der Waals surface area (Å²) in [7, 11) is -8.51. The van der Waals surface area contributed by atoms with Crippen LogP contribution in [0.3, 0.4) is 0 Å². The highest BCUT2D eigenvalue weighted by Gasteiger charge is 2.22. The number of hydrogen-bond acceptors (Lipinski definition) is 6. The van der Waals surface area contributed by atoms with Gasteiger partial charge in [0.2, 0.25) is 0 Å². The van der Waals surface area contributed by atoms with Crippen molar-refractivity contribution in [3.8, 4) is 0 Å². The highest BCUT2D eigenvalue weighted by Crippen LogP contribution is 2.25. The average Bonchev–Trinajstić information content (AvgIpc) is 2.73. The Balaban J connectivity index is 1.94. The smallest absolute Gasteiger partial charge is 0.337 e. The highest BCUT2D eigenvalue weighted by molar-refractivity contribution is 7.93. The van der Waals surface area contributed by atoms with E-state index < -0.39 is 32.0 Å². The van der Waals surface area contributed by atoms with E-state index in [9.17, 15) is 31.5 Å². The molecule has 0 aromatic heterocycles. The maximum absolute atomic E-state index is 12.8. The second kappa shape index (κ2) is 8.92. The molecule has 0 bridgehead atoms. The molecular weight excluding hydrogens is 472 g/mol. The topological polar surface area (TPSA) is 167 Å². The Morgan fingerprint density at radius 2 is 1.45 bits per heavy atom. The van der Waals surface area contributed by atoms with Crippen LogP contribution in [0.25, 0.3) is 0 Å². The Labute approximate surface area is 189 Å². The molecule has 0 atom stereocenters. The monoisotopic (exact) mass is 490 g/mol. The summed E-state index contributed by atoms with van der Waals surface area (Å²) in [5.41, 5.74) is -0.435. The predicted molar refractivity (Wildman–Crippen MR) is 120 cm³/mol. The number of carbonyl (C=O) groups is 2. The first-order chi connectivity index (χ1) is 15.4. The van der Waals surface area contributed by atoms with Gasteiger partial charge in [-0.1, -0.05) is 24.3 Å². The molecule has 4 N–H and O–H groups in total. The maximum atomic E-state index is 12.8. The molecule has 3 aromatic rings. The number of benzene rings is 3. The molecule has 0 aliphatic heterocycles. The van der Waals surface area contributed by atoms with Gasteiger partial charge in [-0.2, -0.15) is 0 Å². The fourth-order valence-electron chi connectivity index (χ4n) is 2.92. The van der Waals surface area contributed by atoms with Crippen molar-refractivity contribution in [2.45, 2.75) is 16.7 Å². The van der Waals surface area contributed by atoms with Crippen LogP contribution in [-0.4, -0.2) is 39.0 Å². The van der Waals surface area contributed by atoms with Crippen LogP contribution in [0.2, 0.25) is 0 Å². The molecule has 0 aliphatic rings. The first kappa shape index (κ1) is 23.8. The number of hydrogen-bond donors (Lipinski definition) is 4. The van der Waals surface area contributed by atoms with Gasteiger partial charge >= 0.3 is 11.9 Å². The van der Waals surface area contributed by atoms with Crippen molar-refractivity contribution in [3.05, 3.63) is 83.4 Å². The largest absolute Gasteiger partial charge is 0.478 e. The number of anilines is 2. The van der Waals surface area contributed by atoms with Gasteiger partial charge in [0, 0.05) is 0 Å². The number of nitrogens with one attached hydrogen (secondary N) is 2. The standard InChI is InChI=1S/C21H18N2O8S2/c1-13-9-10-14(20(24)25)11-19(13)33(30,31)22-15-5-4-6-16(12-15)32(28,29)23-18-8-3-2-7-17(18)21(26)27/h2-12,22-23H,1H3,(H,24,25)(H,26,27). The fraction of sp³-hybridized carbons (Fsp3) is 0.0476. The maximum Gasteiger partial charge on any atom is 0.337 e. The Morgan fingerprint density at radius 1 is 0.758 bits per heavy atom. The van der Waals surface area contributed by atoms with Crippen LogP contribution in [0.15, 0.2) is 76.5 Å². The minimum atomic E-state index is -4.26. The van der Waals surface area contributed by atoms with Crippen molar-refractivity contribution in [1.82, 2.24) is 0 Å². The molecule has 3 aromatic carbocycles. The third-order valence-electron chi connectivity index (χ3n) is 4.52. The number of aromatic carboxylic acids is 2. The minimum absolute atomic E-state index is 0.0930. The van der Waals surface area contributed by atoms with Gasteiger partial charge in [0.15, 0.2) is 0 Å². The van der Waals surface area contributed by atoms with Crippen LogP contribution >= 0.6 is 0 Å². The lowest BCUT2D eigenvalue weighted by Gasteiger charge is -2.13. The van der Waals surface area contributed by atoms with E-state index in [0.29, 0.717) is 5.56 Å². The molecule has 3 rings (SSSR count). The van der Waals surface area contributed by atoms with E-state index in [-0.39, 0.29) is 32.3 Å². The van der Waals surface area contributed by atoms with Crippen LogP contribution < -0.4 is 9.44 Å². The molecule has 0 aliphatic carbocycles. The number of aryl methyl sites for hydroxylation is 1. The second-order valence-corrected chi connectivity index (χ2v) is 10.2. The van der Waals surface area contributed by atoms with Gasteiger partial charge in [-0.05, 0) is 55.0 Å². The minimum Gasteiger partial charge on any atom is -0.478 e. The van der Waals surface area contributed by atoms with Gasteiger partial charge in [0.25, 0.3) is 20.0 Å². The first-order valence-electron chi connectivity index (χ1n) is 9.23. The van der Waals surface area contributed by atoms with E-state index >= 15 is 0 Å². The lowest BCUT2D eigenvalue weighted by molar-refractivity contribution is 0.0686. The summed E-state index contributed by atoms with van der Waals surface area (Å²) < 4.78 is 55.7. The van der Waals surface area contributed by atoms with Crippen LogP contribution in [0, 0.1) is 6.92 Å². The summed E-state index contributed by atoms with van der Waals surface area (Å²) in [6, 6.07) is 13.9. The molecule has 0 unspecified atom stereocenters. The molecule has 0 amide bonds. The lowest BCUT2D eigenvalue weighted by atomic mass is 10.1. The summed E-state index contributed by atoms with van der Waals surface area (Å²) in [6.45, 7) is 1.49. The van der Waals surface area contributed by atoms with Gasteiger partial charge in [-0.25, -0.2) is 26.4 Å². The van der Waals surface area contributed by atoms with Crippen LogP contribution in [0.4, 0.5) is 11.4 Å². The van der Waals surface area contributed by atoms with Crippen molar-refractivity contribution >= 4 is 43.4 Å². The number of carboxylic acids is 2. The third kappa shape index (κ3) is 5.30. The van der Waals surface area contributed by atoms with E-state index in [1.165, 1.54) is 61.5 Å². The summed E-state index contributed by atoms with van der Waals surface area (Å²) >= 11 is 0. The molecule has 0 spiro atoms. The highest BCUT2D eigenvalue weighted by atomic mass is 32.2. The van der Waals surface area contributed by atoms with Crippen molar-refractivity contribution in [3.63, 3.8) is 0 Å². The molecule has 0 saturated carbocycles. The summed E-state index contributed by atoms with van der Waals surface area (Å²) in [4.78, 5) is 21.9. The van der Waals surface area contributed by atoms with Crippen LogP contribution in [0.1, 0.15) is 26.3 Å². The van der Waals surface area contributed by atoms with E-state index in [1.807, 2.05) is 0 Å². The van der Waals surface area contributed by atoms with E-state index in [1.54, 1.807) is 0 Å². The molecule has 12 heteroatoms. The van der Waals surface area contributed by atoms with Crippen LogP contribution in [-0.2, 0) is 20.0 Å². The van der Waals surface area contributed by atoms with E-state index in [2.05, 4.69) is 9.44 Å². The third-order valence-corrected chi connectivity index (χ3v) is 7.41. The number of rotatable bonds is 8. The quantitative estimate of drug-likeness (QED) is 0.374. The zero-order valence-corrected chi connectivity index (χ0v) is 18.6. The molecular formula is C21H18N2O8S2. The van der Waals surface area contributed by atoms with Gasteiger partial charge < -0.3 is 10.2 Å². The van der Waals surface area contributed by atoms with Crippen molar-refractivity contribution in [1.29, 1.82) is 0 Å². The number of sulfonamides is 2. The van der Waals surface area contributed by atoms with E-state index in [4.69, 9.17) is 5.11 Å². The number of carboxylic acid groups (broad SMARTS) is 2. The Morgan fingerprint density at radius 3 is 2.12 bits per heavy atom. The first-order valence-corrected chi connectivity index (χ1v) is 12.2. The molecule has 0 saturated heterocycles. The Bertz CT molecular complexity index is 1470. The molecule has 10 nitrogen and oxygen atoms in total. The summed E-state index contributed by atoms with van der Waals surface area (Å²) in [5.74, 6) is -2.62. The van der Waals surface area contributed by atoms with Crippen molar-refractivity contribution < 1.29 is 36.6 Å².